The molecule has 0 aromatic heterocycles. The molecule has 0 spiro atoms. The molecule has 0 amide bonds. The Morgan fingerprint density at radius 1 is 0.706 bits per heavy atom. The number of rotatable bonds is 8. The normalized spacial score (nSPS) is 6.71. The van der Waals surface area contributed by atoms with Crippen LogP contribution in [0.1, 0.15) is 29.7 Å². The number of halogens is 2. The van der Waals surface area contributed by atoms with Gasteiger partial charge in [-0.25, -0.2) is 0 Å². The van der Waals surface area contributed by atoms with E-state index < -0.39 is 0 Å². The summed E-state index contributed by atoms with van der Waals surface area (Å²) in [6, 6.07) is 0. The zero-order chi connectivity index (χ0) is 8.36. The van der Waals surface area contributed by atoms with E-state index in [9.17, 15) is 0 Å². The smallest absolute Gasteiger partial charge is 0.0592 e. The van der Waals surface area contributed by atoms with Crippen LogP contribution in [0.15, 0.2) is 0 Å². The summed E-state index contributed by atoms with van der Waals surface area (Å²) >= 11 is 0. The molecule has 0 saturated carbocycles. The molecular formula is C10H36Cl2N4O. The molecule has 0 radical (unpaired) electrons. The number of hydrogen-bond acceptors (Lipinski definition) is 5. The van der Waals surface area contributed by atoms with Crippen LogP contribution in [0, 0.1) is 0 Å². The zero-order valence-electron chi connectivity index (χ0n) is 7.62. The zero-order valence-corrected chi connectivity index (χ0v) is 9.26. The lowest BCUT2D eigenvalue weighted by molar-refractivity contribution is 0.138. The van der Waals surface area contributed by atoms with E-state index in [1.807, 2.05) is 0 Å². The maximum atomic E-state index is 5.20. The number of nitrogens with two attached hydrogens (primary N) is 2. The second-order valence-electron chi connectivity index (χ2n) is 2.02. The highest BCUT2D eigenvalue weighted by atomic mass is 35.5. The summed E-state index contributed by atoms with van der Waals surface area (Å²) in [4.78, 5) is 0. The van der Waals surface area contributed by atoms with Crippen LogP contribution in [0.25, 0.3) is 0 Å². The maximum absolute atomic E-state index is 5.20. The first-order chi connectivity index (χ1) is 5.41. The first kappa shape index (κ1) is 43.3. The first-order valence-electron chi connectivity index (χ1n) is 3.81. The highest BCUT2D eigenvalue weighted by Gasteiger charge is 1.86. The van der Waals surface area contributed by atoms with Crippen molar-refractivity contribution in [3.05, 3.63) is 0 Å². The van der Waals surface area contributed by atoms with Crippen molar-refractivity contribution in [2.24, 2.45) is 11.5 Å². The highest BCUT2D eigenvalue weighted by Crippen LogP contribution is 1.70. The SMILES string of the molecule is C.C.C.C.Cl.Cl.NCNCCOCCNCN. The van der Waals surface area contributed by atoms with Crippen molar-refractivity contribution < 1.29 is 4.74 Å². The Hall–Kier alpha value is 0.380. The van der Waals surface area contributed by atoms with Crippen molar-refractivity contribution in [2.75, 3.05) is 39.6 Å². The summed E-state index contributed by atoms with van der Waals surface area (Å²) in [5, 5.41) is 5.89. The van der Waals surface area contributed by atoms with E-state index >= 15 is 0 Å². The maximum Gasteiger partial charge on any atom is 0.0592 e. The molecule has 0 atom stereocenters. The van der Waals surface area contributed by atoms with Crippen LogP contribution in [0.4, 0.5) is 0 Å². The molecule has 6 N–H and O–H groups in total. The van der Waals surface area contributed by atoms with Gasteiger partial charge in [-0.2, -0.15) is 0 Å². The topological polar surface area (TPSA) is 85.3 Å². The molecule has 7 heteroatoms. The van der Waals surface area contributed by atoms with Gasteiger partial charge in [-0.3, -0.25) is 0 Å². The Kier molecular flexibility index (Phi) is 112. The Bertz CT molecular complexity index is 75.3. The van der Waals surface area contributed by atoms with Crippen LogP contribution in [-0.4, -0.2) is 39.6 Å². The van der Waals surface area contributed by atoms with Gasteiger partial charge in [0.05, 0.1) is 13.2 Å². The number of nitrogens with one attached hydrogen (secondary N) is 2. The molecule has 0 bridgehead atoms. The van der Waals surface area contributed by atoms with Crippen LogP contribution in [0.2, 0.25) is 0 Å². The first-order valence-corrected chi connectivity index (χ1v) is 3.81. The summed E-state index contributed by atoms with van der Waals surface area (Å²) in [6.45, 7) is 4.01. The van der Waals surface area contributed by atoms with E-state index in [2.05, 4.69) is 10.6 Å². The molecule has 0 aromatic rings. The van der Waals surface area contributed by atoms with Gasteiger partial charge in [0.1, 0.15) is 0 Å². The van der Waals surface area contributed by atoms with Crippen LogP contribution in [0.5, 0.6) is 0 Å². The minimum absolute atomic E-state index is 0. The molecule has 0 rings (SSSR count). The largest absolute Gasteiger partial charge is 0.379 e. The fourth-order valence-corrected chi connectivity index (χ4v) is 0.595. The van der Waals surface area contributed by atoms with Gasteiger partial charge >= 0.3 is 0 Å². The third kappa shape index (κ3) is 48.2. The fraction of sp³-hybridized carbons (Fsp3) is 1.00. The van der Waals surface area contributed by atoms with Crippen molar-refractivity contribution in [3.8, 4) is 0 Å². The van der Waals surface area contributed by atoms with Gasteiger partial charge in [0.15, 0.2) is 0 Å². The predicted molar refractivity (Wildman–Crippen MR) is 86.4 cm³/mol. The quantitative estimate of drug-likeness (QED) is 0.402. The standard InChI is InChI=1S/C6H18N4O.4CH4.2ClH/c7-5-9-1-3-11-4-2-10-6-8;;;;;;/h9-10H,1-8H2;4*1H4;2*1H. The average molecular weight is 299 g/mol. The van der Waals surface area contributed by atoms with Gasteiger partial charge in [-0.15, -0.1) is 24.8 Å². The van der Waals surface area contributed by atoms with Crippen molar-refractivity contribution in [2.45, 2.75) is 29.7 Å². The molecule has 116 valence electrons. The van der Waals surface area contributed by atoms with Gasteiger partial charge in [-0.05, 0) is 0 Å². The van der Waals surface area contributed by atoms with E-state index in [0.717, 1.165) is 13.1 Å². The molecule has 0 heterocycles. The second-order valence-corrected chi connectivity index (χ2v) is 2.02. The summed E-state index contributed by atoms with van der Waals surface area (Å²) in [7, 11) is 0. The molecule has 0 unspecified atom stereocenters. The average Bonchev–Trinajstić information content (AvgIpc) is 2.03. The van der Waals surface area contributed by atoms with Crippen molar-refractivity contribution in [3.63, 3.8) is 0 Å². The molecule has 0 fully saturated rings. The van der Waals surface area contributed by atoms with Crippen LogP contribution in [0.3, 0.4) is 0 Å². The minimum Gasteiger partial charge on any atom is -0.379 e. The molecule has 0 saturated heterocycles. The molecule has 0 aliphatic carbocycles. The molecule has 17 heavy (non-hydrogen) atoms. The Morgan fingerprint density at radius 2 is 1.00 bits per heavy atom. The third-order valence-corrected chi connectivity index (χ3v) is 1.14. The predicted octanol–water partition coefficient (Wildman–Crippen LogP) is 1.40. The summed E-state index contributed by atoms with van der Waals surface area (Å²) in [5.41, 5.74) is 10.4. The van der Waals surface area contributed by atoms with Gasteiger partial charge in [-0.1, -0.05) is 29.7 Å². The number of hydrogen-bond donors (Lipinski definition) is 4. The third-order valence-electron chi connectivity index (χ3n) is 1.14. The summed E-state index contributed by atoms with van der Waals surface area (Å²) in [5.74, 6) is 0. The Labute approximate surface area is 121 Å². The van der Waals surface area contributed by atoms with Gasteiger partial charge in [0.2, 0.25) is 0 Å². The van der Waals surface area contributed by atoms with Crippen molar-refractivity contribution in [1.29, 1.82) is 0 Å². The lowest BCUT2D eigenvalue weighted by Crippen LogP contribution is -2.29. The molecule has 0 aliphatic heterocycles. The molecule has 5 nitrogen and oxygen atoms in total. The van der Waals surface area contributed by atoms with Crippen molar-refractivity contribution in [1.82, 2.24) is 10.6 Å². The van der Waals surface area contributed by atoms with Gasteiger partial charge in [0, 0.05) is 26.4 Å². The van der Waals surface area contributed by atoms with Gasteiger partial charge in [0.25, 0.3) is 0 Å². The van der Waals surface area contributed by atoms with E-state index in [0.29, 0.717) is 26.6 Å². The van der Waals surface area contributed by atoms with E-state index in [1.54, 1.807) is 0 Å². The van der Waals surface area contributed by atoms with Crippen LogP contribution in [-0.2, 0) is 4.74 Å². The van der Waals surface area contributed by atoms with E-state index in [-0.39, 0.29) is 54.5 Å². The second kappa shape index (κ2) is 44.0. The highest BCUT2D eigenvalue weighted by molar-refractivity contribution is 5.85. The minimum atomic E-state index is 0. The van der Waals surface area contributed by atoms with Crippen LogP contribution >= 0.6 is 24.8 Å². The fourth-order valence-electron chi connectivity index (χ4n) is 0.595. The van der Waals surface area contributed by atoms with Gasteiger partial charge < -0.3 is 26.8 Å². The summed E-state index contributed by atoms with van der Waals surface area (Å²) in [6.07, 6.45) is 0. The Morgan fingerprint density at radius 3 is 1.24 bits per heavy atom. The van der Waals surface area contributed by atoms with E-state index in [4.69, 9.17) is 16.2 Å². The molecule has 0 aromatic carbocycles. The lowest BCUT2D eigenvalue weighted by Gasteiger charge is -2.04. The molecular weight excluding hydrogens is 263 g/mol. The van der Waals surface area contributed by atoms with E-state index in [1.165, 1.54) is 0 Å². The van der Waals surface area contributed by atoms with Crippen molar-refractivity contribution >= 4 is 24.8 Å². The van der Waals surface area contributed by atoms with Crippen LogP contribution < -0.4 is 22.1 Å². The monoisotopic (exact) mass is 298 g/mol. The Balaban J connectivity index is -0.0000000333. The lowest BCUT2D eigenvalue weighted by atomic mass is 10.6. The summed E-state index contributed by atoms with van der Waals surface area (Å²) < 4.78 is 5.20. The molecule has 0 aliphatic rings. The number of ether oxygens (including phenoxy) is 1.